The van der Waals surface area contributed by atoms with Crippen LogP contribution in [0.25, 0.3) is 0 Å². The van der Waals surface area contributed by atoms with Gasteiger partial charge >= 0.3 is 0 Å². The molecule has 3 unspecified atom stereocenters. The van der Waals surface area contributed by atoms with Crippen LogP contribution in [-0.4, -0.2) is 41.0 Å². The van der Waals surface area contributed by atoms with Crippen LogP contribution in [0.4, 0.5) is 0 Å². The van der Waals surface area contributed by atoms with E-state index in [0.717, 1.165) is 12.0 Å². The van der Waals surface area contributed by atoms with Gasteiger partial charge in [-0.05, 0) is 18.9 Å². The van der Waals surface area contributed by atoms with Crippen molar-refractivity contribution < 1.29 is 14.7 Å². The maximum atomic E-state index is 12.2. The van der Waals surface area contributed by atoms with Crippen molar-refractivity contribution >= 4 is 11.8 Å². The van der Waals surface area contributed by atoms with Gasteiger partial charge in [-0.25, -0.2) is 0 Å². The van der Waals surface area contributed by atoms with Crippen molar-refractivity contribution in [3.8, 4) is 0 Å². The fourth-order valence-electron chi connectivity index (χ4n) is 2.99. The van der Waals surface area contributed by atoms with Crippen LogP contribution in [0, 0.1) is 5.92 Å². The minimum absolute atomic E-state index is 0.00982. The summed E-state index contributed by atoms with van der Waals surface area (Å²) < 4.78 is 0. The summed E-state index contributed by atoms with van der Waals surface area (Å²) in [6, 6.07) is 9.79. The Labute approximate surface area is 137 Å². The molecule has 3 atom stereocenters. The van der Waals surface area contributed by atoms with Crippen molar-refractivity contribution in [3.63, 3.8) is 0 Å². The molecule has 23 heavy (non-hydrogen) atoms. The van der Waals surface area contributed by atoms with E-state index in [4.69, 9.17) is 0 Å². The zero-order valence-electron chi connectivity index (χ0n) is 13.9. The number of likely N-dealkylation sites (tertiary alicyclic amines) is 1. The number of aliphatic hydroxyl groups is 1. The summed E-state index contributed by atoms with van der Waals surface area (Å²) in [6.07, 6.45) is 1.27. The molecule has 2 rings (SSSR count). The summed E-state index contributed by atoms with van der Waals surface area (Å²) in [5.74, 6) is -0.464. The number of carbonyl (C=O) groups is 2. The van der Waals surface area contributed by atoms with Crippen LogP contribution in [0.3, 0.4) is 0 Å². The van der Waals surface area contributed by atoms with Gasteiger partial charge in [-0.2, -0.15) is 0 Å². The highest BCUT2D eigenvalue weighted by Gasteiger charge is 2.36. The highest BCUT2D eigenvalue weighted by atomic mass is 16.3. The van der Waals surface area contributed by atoms with E-state index >= 15 is 0 Å². The molecule has 1 aromatic carbocycles. The zero-order chi connectivity index (χ0) is 16.8. The van der Waals surface area contributed by atoms with Crippen molar-refractivity contribution in [3.05, 3.63) is 35.9 Å². The minimum atomic E-state index is -0.514. The molecule has 0 aliphatic carbocycles. The van der Waals surface area contributed by atoms with E-state index in [1.807, 2.05) is 44.2 Å². The molecule has 1 aromatic rings. The summed E-state index contributed by atoms with van der Waals surface area (Å²) in [6.45, 7) is 4.66. The van der Waals surface area contributed by atoms with Crippen molar-refractivity contribution in [2.45, 2.75) is 45.3 Å². The van der Waals surface area contributed by atoms with Gasteiger partial charge in [0.25, 0.3) is 0 Å². The molecule has 1 aliphatic heterocycles. The third-order valence-corrected chi connectivity index (χ3v) is 4.41. The smallest absolute Gasteiger partial charge is 0.225 e. The number of nitrogens with one attached hydrogen (secondary N) is 1. The first kappa shape index (κ1) is 17.5. The maximum Gasteiger partial charge on any atom is 0.225 e. The predicted octanol–water partition coefficient (Wildman–Crippen LogP) is 1.87. The molecule has 0 bridgehead atoms. The lowest BCUT2D eigenvalue weighted by Gasteiger charge is -2.25. The second-order valence-electron chi connectivity index (χ2n) is 6.22. The molecule has 126 valence electrons. The molecular formula is C18H26N2O3. The molecule has 1 saturated heterocycles. The Hall–Kier alpha value is -1.88. The van der Waals surface area contributed by atoms with Crippen molar-refractivity contribution in [2.24, 2.45) is 5.92 Å². The minimum Gasteiger partial charge on any atom is -0.391 e. The van der Waals surface area contributed by atoms with Gasteiger partial charge in [-0.15, -0.1) is 0 Å². The molecule has 1 heterocycles. The van der Waals surface area contributed by atoms with Crippen LogP contribution in [0.15, 0.2) is 30.3 Å². The second-order valence-corrected chi connectivity index (χ2v) is 6.22. The van der Waals surface area contributed by atoms with Crippen LogP contribution >= 0.6 is 0 Å². The summed E-state index contributed by atoms with van der Waals surface area (Å²) in [4.78, 5) is 26.2. The molecule has 2 amide bonds. The van der Waals surface area contributed by atoms with Crippen LogP contribution in [-0.2, 0) is 9.59 Å². The van der Waals surface area contributed by atoms with Crippen molar-refractivity contribution in [2.75, 3.05) is 13.1 Å². The van der Waals surface area contributed by atoms with Crippen LogP contribution in [0.2, 0.25) is 0 Å². The largest absolute Gasteiger partial charge is 0.391 e. The van der Waals surface area contributed by atoms with Crippen LogP contribution in [0.5, 0.6) is 0 Å². The summed E-state index contributed by atoms with van der Waals surface area (Å²) in [7, 11) is 0. The number of hydrogen-bond donors (Lipinski definition) is 2. The standard InChI is InChI=1S/C18H26N2O3/c1-3-7-16(21)11-19-18(23)15-10-17(22)20(12-15)13(2)14-8-5-4-6-9-14/h4-6,8-9,13,15-16,21H,3,7,10-12H2,1-2H3,(H,19,23). The van der Waals surface area contributed by atoms with Gasteiger partial charge in [0.1, 0.15) is 0 Å². The van der Waals surface area contributed by atoms with Gasteiger partial charge in [-0.3, -0.25) is 9.59 Å². The Morgan fingerprint density at radius 2 is 2.09 bits per heavy atom. The van der Waals surface area contributed by atoms with Gasteiger partial charge in [-0.1, -0.05) is 43.7 Å². The second kappa shape index (κ2) is 8.11. The lowest BCUT2D eigenvalue weighted by Crippen LogP contribution is -2.37. The maximum absolute atomic E-state index is 12.2. The van der Waals surface area contributed by atoms with E-state index in [1.54, 1.807) is 4.90 Å². The molecule has 0 radical (unpaired) electrons. The molecule has 0 aromatic heterocycles. The van der Waals surface area contributed by atoms with E-state index in [0.29, 0.717) is 13.0 Å². The van der Waals surface area contributed by atoms with E-state index in [2.05, 4.69) is 5.32 Å². The Balaban J connectivity index is 1.90. The molecule has 0 spiro atoms. The first-order valence-electron chi connectivity index (χ1n) is 8.33. The van der Waals surface area contributed by atoms with Gasteiger partial charge in [0.15, 0.2) is 0 Å². The van der Waals surface area contributed by atoms with Gasteiger partial charge in [0.2, 0.25) is 11.8 Å². The van der Waals surface area contributed by atoms with E-state index in [9.17, 15) is 14.7 Å². The van der Waals surface area contributed by atoms with E-state index in [-0.39, 0.29) is 36.7 Å². The topological polar surface area (TPSA) is 69.6 Å². The Morgan fingerprint density at radius 1 is 1.39 bits per heavy atom. The first-order valence-corrected chi connectivity index (χ1v) is 8.33. The average Bonchev–Trinajstić information content (AvgIpc) is 2.95. The highest BCUT2D eigenvalue weighted by molar-refractivity contribution is 5.89. The first-order chi connectivity index (χ1) is 11.0. The molecule has 2 N–H and O–H groups in total. The Morgan fingerprint density at radius 3 is 2.74 bits per heavy atom. The van der Waals surface area contributed by atoms with E-state index < -0.39 is 6.10 Å². The normalized spacial score (nSPS) is 20.4. The molecule has 0 saturated carbocycles. The number of benzene rings is 1. The fourth-order valence-corrected chi connectivity index (χ4v) is 2.99. The van der Waals surface area contributed by atoms with Crippen LogP contribution in [0.1, 0.15) is 44.7 Å². The molecule has 1 aliphatic rings. The molecular weight excluding hydrogens is 292 g/mol. The Kier molecular flexibility index (Phi) is 6.16. The quantitative estimate of drug-likeness (QED) is 0.806. The lowest BCUT2D eigenvalue weighted by atomic mass is 10.1. The van der Waals surface area contributed by atoms with Crippen LogP contribution < -0.4 is 5.32 Å². The van der Waals surface area contributed by atoms with Crippen molar-refractivity contribution in [1.82, 2.24) is 10.2 Å². The van der Waals surface area contributed by atoms with Gasteiger partial charge in [0, 0.05) is 19.5 Å². The SMILES string of the molecule is CCCC(O)CNC(=O)C1CC(=O)N(C(C)c2ccccc2)C1. The number of hydrogen-bond acceptors (Lipinski definition) is 3. The molecule has 5 nitrogen and oxygen atoms in total. The third-order valence-electron chi connectivity index (χ3n) is 4.41. The number of aliphatic hydroxyl groups excluding tert-OH is 1. The van der Waals surface area contributed by atoms with E-state index in [1.165, 1.54) is 0 Å². The predicted molar refractivity (Wildman–Crippen MR) is 88.6 cm³/mol. The summed E-state index contributed by atoms with van der Waals surface area (Å²) >= 11 is 0. The number of nitrogens with zero attached hydrogens (tertiary/aromatic N) is 1. The zero-order valence-corrected chi connectivity index (χ0v) is 13.9. The lowest BCUT2D eigenvalue weighted by molar-refractivity contribution is -0.130. The molecule has 5 heteroatoms. The van der Waals surface area contributed by atoms with Crippen molar-refractivity contribution in [1.29, 1.82) is 0 Å². The van der Waals surface area contributed by atoms with Gasteiger partial charge < -0.3 is 15.3 Å². The monoisotopic (exact) mass is 318 g/mol. The van der Waals surface area contributed by atoms with Gasteiger partial charge in [0.05, 0.1) is 18.1 Å². The Bertz CT molecular complexity index is 532. The third kappa shape index (κ3) is 4.55. The number of rotatable bonds is 7. The fraction of sp³-hybridized carbons (Fsp3) is 0.556. The molecule has 1 fully saturated rings. The highest BCUT2D eigenvalue weighted by Crippen LogP contribution is 2.28. The average molecular weight is 318 g/mol. The number of carbonyl (C=O) groups excluding carboxylic acids is 2. The number of amides is 2. The summed E-state index contributed by atoms with van der Waals surface area (Å²) in [5, 5.41) is 12.5. The summed E-state index contributed by atoms with van der Waals surface area (Å²) in [5.41, 5.74) is 1.07.